The quantitative estimate of drug-likeness (QED) is 0.159. The average Bonchev–Trinajstić information content (AvgIpc) is 1.59. The van der Waals surface area contributed by atoms with Crippen LogP contribution >= 0.6 is 0 Å². The highest BCUT2D eigenvalue weighted by atomic mass is 15.3. The van der Waals surface area contributed by atoms with Crippen molar-refractivity contribution in [2.24, 2.45) is 0 Å². The van der Waals surface area contributed by atoms with Gasteiger partial charge >= 0.3 is 0 Å². The van der Waals surface area contributed by atoms with E-state index < -0.39 is 0 Å². The first-order valence-electron chi connectivity index (χ1n) is 36.7. The van der Waals surface area contributed by atoms with E-state index in [1.54, 1.807) is 0 Å². The van der Waals surface area contributed by atoms with Gasteiger partial charge in [-0.15, -0.1) is 0 Å². The minimum Gasteiger partial charge on any atom is -0.334 e. The molecule has 3 heterocycles. The van der Waals surface area contributed by atoms with Gasteiger partial charge < -0.3 is 14.7 Å². The lowest BCUT2D eigenvalue weighted by Crippen LogP contribution is -2.62. The molecule has 1 fully saturated rings. The maximum atomic E-state index is 2.90. The number of hydrogen-bond donors (Lipinski definition) is 0. The zero-order valence-corrected chi connectivity index (χ0v) is 61.7. The van der Waals surface area contributed by atoms with E-state index in [1.807, 2.05) is 0 Å². The summed E-state index contributed by atoms with van der Waals surface area (Å²) in [5.41, 5.74) is 34.5. The highest BCUT2D eigenvalue weighted by Gasteiger charge is 2.59. The van der Waals surface area contributed by atoms with Crippen molar-refractivity contribution in [3.8, 4) is 22.3 Å². The molecular weight excluding hydrogens is 1160 g/mol. The van der Waals surface area contributed by atoms with E-state index in [0.717, 1.165) is 32.1 Å². The SMILES string of the molecule is CC(C)(C)c1ccc(-c2ccc3c(c2)C2(C)CCCCC2(C)N3c2cc3c4c(c2)N(c2ccc(C(C)(C)C)cc2-c2ccccc2)c2cc5c(cc2B4c2cc4c(cc2N3c2ccc3c(c2)C(C)(C)CCC3(C)C)C(C)(C)CCC4(C)C)C(C)(C)c2ccccc2C5(C)C)cc1. The van der Waals surface area contributed by atoms with E-state index in [9.17, 15) is 0 Å². The Morgan fingerprint density at radius 1 is 0.323 bits per heavy atom. The molecule has 1 saturated carbocycles. The molecule has 3 aliphatic heterocycles. The predicted molar refractivity (Wildman–Crippen MR) is 413 cm³/mol. The second-order valence-electron chi connectivity index (χ2n) is 37.0. The fourth-order valence-electron chi connectivity index (χ4n) is 19.9. The first kappa shape index (κ1) is 63.2. The highest BCUT2D eigenvalue weighted by molar-refractivity contribution is 7.00. The molecule has 96 heavy (non-hydrogen) atoms. The van der Waals surface area contributed by atoms with Crippen LogP contribution in [-0.4, -0.2) is 12.3 Å². The first-order chi connectivity index (χ1) is 45.1. The Balaban J connectivity index is 1.07. The lowest BCUT2D eigenvalue weighted by molar-refractivity contribution is 0.195. The smallest absolute Gasteiger partial charge is 0.252 e. The second kappa shape index (κ2) is 20.5. The standard InChI is InChI=1S/C92H104BN3/c1-83(2,3)60-35-32-57(33-36-60)59-34-40-77-73(48-59)91(19)42-26-27-43-92(91,20)96(77)63-51-80-82-81(52-63)95(76-41-37-61(84(4,5)6)49-64(76)58-28-22-21-23-29-58)79-56-72-71(89(15,16)66-30-24-25-31-67(66)90(72,17)18)54-75(79)93(82)74-53-69-70(88(13,14)47-46-87(69,11)12)55-78(74)94(80)62-38-39-65-68(50-62)86(9,10)45-44-85(65,7)8/h21-25,28-41,48-56H,26-27,42-47H2,1-20H3. The number of hydrogen-bond acceptors (Lipinski definition) is 3. The maximum Gasteiger partial charge on any atom is 0.252 e. The molecule has 3 nitrogen and oxygen atoms in total. The van der Waals surface area contributed by atoms with E-state index in [4.69, 9.17) is 0 Å². The molecule has 2 unspecified atom stereocenters. The van der Waals surface area contributed by atoms with Crippen molar-refractivity contribution < 1.29 is 0 Å². The van der Waals surface area contributed by atoms with Crippen LogP contribution in [-0.2, 0) is 48.7 Å². The van der Waals surface area contributed by atoms with Gasteiger partial charge in [0.15, 0.2) is 0 Å². The lowest BCUT2D eigenvalue weighted by Gasteiger charge is -2.52. The van der Waals surface area contributed by atoms with Crippen LogP contribution in [0.2, 0.25) is 0 Å². The summed E-state index contributed by atoms with van der Waals surface area (Å²) in [6.07, 6.45) is 9.26. The topological polar surface area (TPSA) is 9.72 Å². The van der Waals surface area contributed by atoms with Gasteiger partial charge in [-0.05, 0) is 233 Å². The summed E-state index contributed by atoms with van der Waals surface area (Å²) < 4.78 is 0. The Labute approximate surface area is 577 Å². The molecule has 0 spiro atoms. The van der Waals surface area contributed by atoms with Crippen LogP contribution in [0.15, 0.2) is 170 Å². The molecule has 0 bridgehead atoms. The van der Waals surface area contributed by atoms with Gasteiger partial charge in [-0.1, -0.05) is 254 Å². The Morgan fingerprint density at radius 3 is 1.43 bits per heavy atom. The van der Waals surface area contributed by atoms with Gasteiger partial charge in [0.25, 0.3) is 6.71 Å². The number of nitrogens with zero attached hydrogens (tertiary/aromatic N) is 3. The lowest BCUT2D eigenvalue weighted by atomic mass is 9.32. The van der Waals surface area contributed by atoms with Crippen molar-refractivity contribution in [3.05, 3.63) is 231 Å². The zero-order valence-electron chi connectivity index (χ0n) is 61.7. The fourth-order valence-corrected chi connectivity index (χ4v) is 19.9. The van der Waals surface area contributed by atoms with Gasteiger partial charge in [0.05, 0.1) is 11.2 Å². The molecule has 0 radical (unpaired) electrons. The summed E-state index contributed by atoms with van der Waals surface area (Å²) in [4.78, 5) is 8.53. The highest BCUT2D eigenvalue weighted by Crippen LogP contribution is 2.64. The second-order valence-corrected chi connectivity index (χ2v) is 37.0. The molecule has 0 saturated heterocycles. The van der Waals surface area contributed by atoms with Gasteiger partial charge in [-0.2, -0.15) is 0 Å². The van der Waals surface area contributed by atoms with E-state index in [2.05, 4.69) is 323 Å². The monoisotopic (exact) mass is 1260 g/mol. The average molecular weight is 1260 g/mol. The van der Waals surface area contributed by atoms with Gasteiger partial charge in [0.1, 0.15) is 0 Å². The Bertz CT molecular complexity index is 4730. The van der Waals surface area contributed by atoms with Crippen molar-refractivity contribution in [1.29, 1.82) is 0 Å². The Kier molecular flexibility index (Phi) is 13.5. The third-order valence-electron chi connectivity index (χ3n) is 26.5. The van der Waals surface area contributed by atoms with Crippen LogP contribution in [0.25, 0.3) is 22.3 Å². The number of fused-ring (bicyclic) bond motifs is 11. The van der Waals surface area contributed by atoms with Crippen molar-refractivity contribution in [2.45, 2.75) is 244 Å². The number of anilines is 8. The van der Waals surface area contributed by atoms with Crippen LogP contribution < -0.4 is 31.1 Å². The Hall–Kier alpha value is -7.56. The molecule has 0 amide bonds. The summed E-state index contributed by atoms with van der Waals surface area (Å²) in [5, 5.41) is 0. The van der Waals surface area contributed by atoms with Gasteiger partial charge in [0, 0.05) is 61.6 Å². The molecule has 9 aromatic rings. The molecule has 0 N–H and O–H groups in total. The van der Waals surface area contributed by atoms with Gasteiger partial charge in [-0.25, -0.2) is 0 Å². The summed E-state index contributed by atoms with van der Waals surface area (Å²) in [5.74, 6) is 0. The van der Waals surface area contributed by atoms with E-state index in [1.165, 1.54) is 165 Å². The molecular formula is C92H104BN3. The molecule has 4 heteroatoms. The van der Waals surface area contributed by atoms with Crippen LogP contribution in [0.3, 0.4) is 0 Å². The largest absolute Gasteiger partial charge is 0.334 e. The van der Waals surface area contributed by atoms with E-state index in [0.29, 0.717) is 0 Å². The summed E-state index contributed by atoms with van der Waals surface area (Å²) in [6, 6.07) is 69.5. The molecule has 490 valence electrons. The molecule has 16 rings (SSSR count). The molecule has 0 aromatic heterocycles. The van der Waals surface area contributed by atoms with Crippen LogP contribution in [0.4, 0.5) is 45.5 Å². The van der Waals surface area contributed by atoms with Crippen LogP contribution in [0.5, 0.6) is 0 Å². The summed E-state index contributed by atoms with van der Waals surface area (Å²) in [7, 11) is 0. The van der Waals surface area contributed by atoms with Crippen molar-refractivity contribution in [1.82, 2.24) is 0 Å². The zero-order chi connectivity index (χ0) is 67.8. The first-order valence-corrected chi connectivity index (χ1v) is 36.7. The Morgan fingerprint density at radius 2 is 0.812 bits per heavy atom. The van der Waals surface area contributed by atoms with Crippen LogP contribution in [0.1, 0.15) is 251 Å². The summed E-state index contributed by atoms with van der Waals surface area (Å²) in [6.45, 7) is 49.4. The van der Waals surface area contributed by atoms with E-state index >= 15 is 0 Å². The van der Waals surface area contributed by atoms with Crippen molar-refractivity contribution in [2.75, 3.05) is 14.7 Å². The number of rotatable bonds is 5. The van der Waals surface area contributed by atoms with E-state index in [-0.39, 0.29) is 61.0 Å². The minimum absolute atomic E-state index is 0.000971. The predicted octanol–water partition coefficient (Wildman–Crippen LogP) is 23.1. The minimum atomic E-state index is -0.286. The van der Waals surface area contributed by atoms with Crippen molar-refractivity contribution in [3.63, 3.8) is 0 Å². The third kappa shape index (κ3) is 9.02. The molecule has 9 aromatic carbocycles. The summed E-state index contributed by atoms with van der Waals surface area (Å²) >= 11 is 0. The van der Waals surface area contributed by atoms with Gasteiger partial charge in [-0.3, -0.25) is 0 Å². The number of benzene rings is 9. The maximum absolute atomic E-state index is 2.90. The fraction of sp³-hybridized carbons (Fsp3) is 0.413. The molecule has 4 aliphatic carbocycles. The van der Waals surface area contributed by atoms with Crippen molar-refractivity contribution >= 4 is 68.6 Å². The molecule has 7 aliphatic rings. The molecule has 2 atom stereocenters. The third-order valence-corrected chi connectivity index (χ3v) is 26.5. The van der Waals surface area contributed by atoms with Crippen LogP contribution in [0, 0.1) is 0 Å². The normalized spacial score (nSPS) is 22.3. The van der Waals surface area contributed by atoms with Gasteiger partial charge in [0.2, 0.25) is 0 Å².